The van der Waals surface area contributed by atoms with E-state index in [9.17, 15) is 4.79 Å². The molecule has 0 bridgehead atoms. The molecule has 9 heteroatoms. The Morgan fingerprint density at radius 2 is 1.92 bits per heavy atom. The minimum absolute atomic E-state index is 0.00996. The first-order valence-electron chi connectivity index (χ1n) is 13.7. The normalized spacial score (nSPS) is 21.2. The highest BCUT2D eigenvalue weighted by Gasteiger charge is 2.56. The minimum atomic E-state index is -1.92. The summed E-state index contributed by atoms with van der Waals surface area (Å²) in [5.41, 5.74) is 2.77. The molecule has 1 aliphatic carbocycles. The fourth-order valence-electron chi connectivity index (χ4n) is 5.13. The van der Waals surface area contributed by atoms with Gasteiger partial charge in [-0.25, -0.2) is 9.78 Å². The highest BCUT2D eigenvalue weighted by molar-refractivity contribution is 6.74. The number of imidazole rings is 1. The van der Waals surface area contributed by atoms with E-state index in [1.165, 1.54) is 0 Å². The lowest BCUT2D eigenvalue weighted by Gasteiger charge is -2.38. The Morgan fingerprint density at radius 1 is 1.23 bits per heavy atom. The number of likely N-dealkylation sites (tertiary alicyclic amines) is 1. The lowest BCUT2D eigenvalue weighted by atomic mass is 10.1. The average Bonchev–Trinajstić information content (AvgIpc) is 3.38. The van der Waals surface area contributed by atoms with E-state index >= 15 is 0 Å². The topological polar surface area (TPSA) is 85.4 Å². The van der Waals surface area contributed by atoms with Crippen molar-refractivity contribution < 1.29 is 13.7 Å². The summed E-state index contributed by atoms with van der Waals surface area (Å²) >= 11 is 0. The number of aromatic nitrogens is 3. The van der Waals surface area contributed by atoms with Gasteiger partial charge in [0.15, 0.2) is 14.1 Å². The molecule has 0 radical (unpaired) electrons. The van der Waals surface area contributed by atoms with Crippen LogP contribution in [-0.2, 0) is 11.0 Å². The quantitative estimate of drug-likeness (QED) is 0.325. The number of amides is 2. The van der Waals surface area contributed by atoms with E-state index in [1.54, 1.807) is 7.05 Å². The molecule has 3 aromatic rings. The van der Waals surface area contributed by atoms with E-state index in [-0.39, 0.29) is 17.2 Å². The Bertz CT molecular complexity index is 1380. The molecule has 4 atom stereocenters. The molecule has 206 valence electrons. The molecule has 5 rings (SSSR count). The van der Waals surface area contributed by atoms with Gasteiger partial charge in [0.2, 0.25) is 0 Å². The summed E-state index contributed by atoms with van der Waals surface area (Å²) in [6.07, 6.45) is 3.67. The number of urea groups is 1. The Hall–Kier alpha value is -3.35. The molecule has 0 spiro atoms. The fraction of sp³-hybridized carbons (Fsp3) is 0.500. The van der Waals surface area contributed by atoms with Crippen LogP contribution in [0.2, 0.25) is 18.1 Å². The molecule has 3 heterocycles. The van der Waals surface area contributed by atoms with Crippen molar-refractivity contribution in [2.45, 2.75) is 58.5 Å². The molecule has 39 heavy (non-hydrogen) atoms. The number of nitrogens with zero attached hydrogens (tertiary/aromatic N) is 4. The predicted molar refractivity (Wildman–Crippen MR) is 153 cm³/mol. The zero-order valence-corrected chi connectivity index (χ0v) is 25.0. The van der Waals surface area contributed by atoms with Crippen molar-refractivity contribution in [1.29, 1.82) is 0 Å². The third-order valence-corrected chi connectivity index (χ3v) is 13.1. The van der Waals surface area contributed by atoms with Crippen LogP contribution in [0.4, 0.5) is 4.79 Å². The van der Waals surface area contributed by atoms with E-state index in [1.807, 2.05) is 47.6 Å². The standard InChI is InChI=1S/C30H39N5O3Si/c1-20(38-39(6,7)30(2,3)4)28-32-14-15-34(28)17-23-16-27(37-33-23)22-11-8-21(9-12-22)10-13-24-25-18-35(19-26(24)25)29(36)31-5/h8-9,11-12,14-16,20,24-26H,17-19H2,1-7H3,(H,31,36)/t20-,24-,25+,26-/m0/s1. The van der Waals surface area contributed by atoms with Gasteiger partial charge in [0.1, 0.15) is 17.6 Å². The molecular formula is C30H39N5O3Si. The minimum Gasteiger partial charge on any atom is -0.407 e. The van der Waals surface area contributed by atoms with Crippen LogP contribution in [0.1, 0.15) is 50.9 Å². The lowest BCUT2D eigenvalue weighted by Crippen LogP contribution is -2.41. The Labute approximate surface area is 232 Å². The van der Waals surface area contributed by atoms with Crippen molar-refractivity contribution in [2.75, 3.05) is 20.1 Å². The molecule has 2 aromatic heterocycles. The zero-order valence-electron chi connectivity index (χ0n) is 24.0. The van der Waals surface area contributed by atoms with Crippen molar-refractivity contribution >= 4 is 14.3 Å². The molecule has 1 aromatic carbocycles. The lowest BCUT2D eigenvalue weighted by molar-refractivity contribution is 0.189. The maximum absolute atomic E-state index is 11.8. The Kier molecular flexibility index (Phi) is 7.20. The van der Waals surface area contributed by atoms with Gasteiger partial charge in [-0.3, -0.25) is 0 Å². The summed E-state index contributed by atoms with van der Waals surface area (Å²) in [6, 6.07) is 10.1. The van der Waals surface area contributed by atoms with E-state index in [0.29, 0.717) is 24.3 Å². The SMILES string of the molecule is CNC(=O)N1C[C@@H]2[C@H](C#Cc3ccc(-c4cc(Cn5ccnc5[C@H](C)O[Si](C)(C)C(C)(C)C)no4)cc3)[C@@H]2C1. The van der Waals surface area contributed by atoms with Crippen molar-refractivity contribution in [3.63, 3.8) is 0 Å². The molecule has 1 aliphatic heterocycles. The summed E-state index contributed by atoms with van der Waals surface area (Å²) in [5.74, 6) is 9.77. The fourth-order valence-corrected chi connectivity index (χ4v) is 6.47. The van der Waals surface area contributed by atoms with Crippen LogP contribution < -0.4 is 5.32 Å². The number of benzene rings is 1. The van der Waals surface area contributed by atoms with Crippen LogP contribution in [0.15, 0.2) is 47.2 Å². The van der Waals surface area contributed by atoms with Crippen molar-refractivity contribution in [1.82, 2.24) is 24.9 Å². The number of carbonyl (C=O) groups excluding carboxylic acids is 1. The molecule has 0 unspecified atom stereocenters. The third kappa shape index (κ3) is 5.68. The van der Waals surface area contributed by atoms with Gasteiger partial charge in [-0.15, -0.1) is 0 Å². The van der Waals surface area contributed by atoms with Gasteiger partial charge in [0.05, 0.1) is 6.54 Å². The number of fused-ring (bicyclic) bond motifs is 1. The van der Waals surface area contributed by atoms with E-state index < -0.39 is 8.32 Å². The second-order valence-electron chi connectivity index (χ2n) is 12.3. The first-order valence-corrected chi connectivity index (χ1v) is 16.6. The van der Waals surface area contributed by atoms with Crippen LogP contribution in [0.3, 0.4) is 0 Å². The maximum Gasteiger partial charge on any atom is 0.317 e. The monoisotopic (exact) mass is 545 g/mol. The first-order chi connectivity index (χ1) is 18.5. The average molecular weight is 546 g/mol. The summed E-state index contributed by atoms with van der Waals surface area (Å²) < 4.78 is 14.3. The summed E-state index contributed by atoms with van der Waals surface area (Å²) in [7, 11) is -0.244. The second-order valence-corrected chi connectivity index (χ2v) is 17.0. The molecule has 1 saturated heterocycles. The number of carbonyl (C=O) groups is 1. The number of nitrogens with one attached hydrogen (secondary N) is 1. The van der Waals surface area contributed by atoms with Crippen LogP contribution in [-0.4, -0.2) is 54.1 Å². The molecule has 2 fully saturated rings. The van der Waals surface area contributed by atoms with Crippen LogP contribution in [0, 0.1) is 29.6 Å². The summed E-state index contributed by atoms with van der Waals surface area (Å²) in [4.78, 5) is 18.2. The van der Waals surface area contributed by atoms with Gasteiger partial charge >= 0.3 is 6.03 Å². The van der Waals surface area contributed by atoms with Gasteiger partial charge in [-0.1, -0.05) is 37.8 Å². The number of rotatable bonds is 6. The van der Waals surface area contributed by atoms with Gasteiger partial charge in [0, 0.05) is 55.6 Å². The van der Waals surface area contributed by atoms with Gasteiger partial charge in [-0.2, -0.15) is 0 Å². The van der Waals surface area contributed by atoms with Gasteiger partial charge in [-0.05, 0) is 61.2 Å². The highest BCUT2D eigenvalue weighted by Crippen LogP contribution is 2.51. The van der Waals surface area contributed by atoms with E-state index in [2.05, 4.69) is 72.7 Å². The molecular weight excluding hydrogens is 506 g/mol. The molecule has 2 aliphatic rings. The molecule has 8 nitrogen and oxygen atoms in total. The van der Waals surface area contributed by atoms with E-state index in [4.69, 9.17) is 8.95 Å². The van der Waals surface area contributed by atoms with Crippen molar-refractivity contribution in [3.8, 4) is 23.2 Å². The molecule has 1 N–H and O–H groups in total. The second kappa shape index (κ2) is 10.3. The number of piperidine rings is 1. The first kappa shape index (κ1) is 27.2. The zero-order chi connectivity index (χ0) is 27.9. The van der Waals surface area contributed by atoms with Gasteiger partial charge < -0.3 is 23.7 Å². The van der Waals surface area contributed by atoms with Crippen LogP contribution in [0.5, 0.6) is 0 Å². The maximum atomic E-state index is 11.8. The number of hydrogen-bond donors (Lipinski definition) is 1. The van der Waals surface area contributed by atoms with Crippen LogP contribution >= 0.6 is 0 Å². The Balaban J connectivity index is 1.19. The van der Waals surface area contributed by atoms with Crippen molar-refractivity contribution in [3.05, 3.63) is 59.8 Å². The highest BCUT2D eigenvalue weighted by atomic mass is 28.4. The van der Waals surface area contributed by atoms with Gasteiger partial charge in [0.25, 0.3) is 0 Å². The predicted octanol–water partition coefficient (Wildman–Crippen LogP) is 5.54. The molecule has 2 amide bonds. The number of hydrogen-bond acceptors (Lipinski definition) is 5. The van der Waals surface area contributed by atoms with E-state index in [0.717, 1.165) is 41.5 Å². The third-order valence-electron chi connectivity index (χ3n) is 8.53. The smallest absolute Gasteiger partial charge is 0.317 e. The summed E-state index contributed by atoms with van der Waals surface area (Å²) in [5, 5.41) is 7.15. The summed E-state index contributed by atoms with van der Waals surface area (Å²) in [6.45, 7) is 15.5. The largest absolute Gasteiger partial charge is 0.407 e. The van der Waals surface area contributed by atoms with Crippen molar-refractivity contribution in [2.24, 2.45) is 17.8 Å². The molecule has 1 saturated carbocycles. The Morgan fingerprint density at radius 3 is 2.56 bits per heavy atom. The van der Waals surface area contributed by atoms with Crippen LogP contribution in [0.25, 0.3) is 11.3 Å².